The Morgan fingerprint density at radius 2 is 1.71 bits per heavy atom. The van der Waals surface area contributed by atoms with Crippen molar-refractivity contribution < 1.29 is 14.4 Å². The molecule has 0 bridgehead atoms. The van der Waals surface area contributed by atoms with E-state index in [0.29, 0.717) is 29.3 Å². The normalized spacial score (nSPS) is 15.7. The highest BCUT2D eigenvalue weighted by molar-refractivity contribution is 8.00. The average molecular weight is 487 g/mol. The number of nitrogens with zero attached hydrogens (tertiary/aromatic N) is 2. The number of hydrazone groups is 1. The van der Waals surface area contributed by atoms with Crippen molar-refractivity contribution in [2.45, 2.75) is 25.8 Å². The van der Waals surface area contributed by atoms with E-state index in [2.05, 4.69) is 15.8 Å². The van der Waals surface area contributed by atoms with E-state index in [4.69, 9.17) is 0 Å². The molecule has 35 heavy (non-hydrogen) atoms. The van der Waals surface area contributed by atoms with Crippen molar-refractivity contribution in [2.75, 3.05) is 11.1 Å². The predicted octanol–water partition coefficient (Wildman–Crippen LogP) is 4.57. The Bertz CT molecular complexity index is 1260. The first-order valence-corrected chi connectivity index (χ1v) is 12.2. The van der Waals surface area contributed by atoms with Crippen molar-refractivity contribution in [3.63, 3.8) is 0 Å². The van der Waals surface area contributed by atoms with Gasteiger partial charge in [-0.15, -0.1) is 11.8 Å². The Hall–Kier alpha value is -3.91. The highest BCUT2D eigenvalue weighted by Crippen LogP contribution is 2.39. The molecule has 1 aliphatic heterocycles. The molecule has 1 fully saturated rings. The molecule has 0 saturated carbocycles. The van der Waals surface area contributed by atoms with Gasteiger partial charge in [0.1, 0.15) is 5.37 Å². The van der Waals surface area contributed by atoms with E-state index in [0.717, 1.165) is 16.7 Å². The van der Waals surface area contributed by atoms with Gasteiger partial charge in [-0.2, -0.15) is 5.10 Å². The van der Waals surface area contributed by atoms with E-state index in [9.17, 15) is 14.4 Å². The maximum atomic E-state index is 12.6. The van der Waals surface area contributed by atoms with Gasteiger partial charge in [-0.1, -0.05) is 54.6 Å². The molecule has 2 N–H and O–H groups in total. The molecule has 178 valence electrons. The van der Waals surface area contributed by atoms with Gasteiger partial charge in [-0.05, 0) is 47.9 Å². The number of carbonyl (C=O) groups is 3. The van der Waals surface area contributed by atoms with Gasteiger partial charge >= 0.3 is 0 Å². The molecule has 0 spiro atoms. The lowest BCUT2D eigenvalue weighted by Crippen LogP contribution is -2.27. The van der Waals surface area contributed by atoms with Gasteiger partial charge in [-0.3, -0.25) is 14.4 Å². The molecule has 3 amide bonds. The number of amides is 3. The van der Waals surface area contributed by atoms with Crippen molar-refractivity contribution in [3.05, 3.63) is 101 Å². The standard InChI is InChI=1S/C27H26N4O3S/c1-18(23-9-6-10-24(15-23)28-19(2)32)29-30-26(34)21-11-13-22(14-12-21)27-31(25(33)17-35-27)16-20-7-4-3-5-8-20/h3-15,27H,16-17H2,1-2H3,(H,28,32)(H,30,34)/b29-18-/t27-/m1/s1. The zero-order chi connectivity index (χ0) is 24.8. The van der Waals surface area contributed by atoms with Crippen LogP contribution in [0.4, 0.5) is 5.69 Å². The summed E-state index contributed by atoms with van der Waals surface area (Å²) in [4.78, 5) is 38.3. The number of hydrogen-bond acceptors (Lipinski definition) is 5. The van der Waals surface area contributed by atoms with Crippen LogP contribution in [0.25, 0.3) is 0 Å². The molecule has 0 aliphatic carbocycles. The zero-order valence-electron chi connectivity index (χ0n) is 19.5. The molecule has 1 saturated heterocycles. The highest BCUT2D eigenvalue weighted by Gasteiger charge is 2.32. The second-order valence-electron chi connectivity index (χ2n) is 8.19. The van der Waals surface area contributed by atoms with Crippen LogP contribution in [0.3, 0.4) is 0 Å². The lowest BCUT2D eigenvalue weighted by atomic mass is 10.1. The van der Waals surface area contributed by atoms with Crippen LogP contribution in [0.15, 0.2) is 84.0 Å². The minimum atomic E-state index is -0.329. The van der Waals surface area contributed by atoms with E-state index in [1.807, 2.05) is 59.5 Å². The third-order valence-electron chi connectivity index (χ3n) is 5.55. The first-order valence-electron chi connectivity index (χ1n) is 11.2. The minimum Gasteiger partial charge on any atom is -0.326 e. The van der Waals surface area contributed by atoms with E-state index in [1.54, 1.807) is 43.0 Å². The monoisotopic (exact) mass is 486 g/mol. The van der Waals surface area contributed by atoms with Gasteiger partial charge in [0.25, 0.3) is 5.91 Å². The van der Waals surface area contributed by atoms with Gasteiger partial charge in [0.05, 0.1) is 11.5 Å². The first kappa shape index (κ1) is 24.2. The van der Waals surface area contributed by atoms with Crippen LogP contribution in [0, 0.1) is 0 Å². The highest BCUT2D eigenvalue weighted by atomic mass is 32.2. The zero-order valence-corrected chi connectivity index (χ0v) is 20.3. The topological polar surface area (TPSA) is 90.9 Å². The molecular formula is C27H26N4O3S. The number of hydrogen-bond donors (Lipinski definition) is 2. The Morgan fingerprint density at radius 3 is 2.43 bits per heavy atom. The summed E-state index contributed by atoms with van der Waals surface area (Å²) in [6.07, 6.45) is 0. The molecule has 0 radical (unpaired) electrons. The molecule has 0 unspecified atom stereocenters. The smallest absolute Gasteiger partial charge is 0.271 e. The van der Waals surface area contributed by atoms with Crippen LogP contribution in [0.5, 0.6) is 0 Å². The maximum absolute atomic E-state index is 12.6. The summed E-state index contributed by atoms with van der Waals surface area (Å²) in [6, 6.07) is 24.4. The third kappa shape index (κ3) is 6.16. The number of thioether (sulfide) groups is 1. The van der Waals surface area contributed by atoms with Crippen LogP contribution < -0.4 is 10.7 Å². The van der Waals surface area contributed by atoms with Crippen LogP contribution in [0.2, 0.25) is 0 Å². The fraction of sp³-hybridized carbons (Fsp3) is 0.185. The molecular weight excluding hydrogens is 460 g/mol. The van der Waals surface area contributed by atoms with E-state index in [1.165, 1.54) is 6.92 Å². The van der Waals surface area contributed by atoms with Crippen LogP contribution in [-0.4, -0.2) is 34.1 Å². The lowest BCUT2D eigenvalue weighted by Gasteiger charge is -2.24. The van der Waals surface area contributed by atoms with Gasteiger partial charge in [-0.25, -0.2) is 5.43 Å². The first-order chi connectivity index (χ1) is 16.9. The molecule has 8 heteroatoms. The Morgan fingerprint density at radius 1 is 0.971 bits per heavy atom. The fourth-order valence-electron chi connectivity index (χ4n) is 3.77. The number of benzene rings is 3. The summed E-state index contributed by atoms with van der Waals surface area (Å²) in [5.41, 5.74) is 7.18. The molecule has 4 rings (SSSR count). The van der Waals surface area contributed by atoms with Crippen molar-refractivity contribution in [2.24, 2.45) is 5.10 Å². The molecule has 1 atom stereocenters. The van der Waals surface area contributed by atoms with Crippen molar-refractivity contribution in [3.8, 4) is 0 Å². The van der Waals surface area contributed by atoms with Crippen molar-refractivity contribution >= 4 is 40.9 Å². The third-order valence-corrected chi connectivity index (χ3v) is 6.80. The molecule has 3 aromatic carbocycles. The number of carbonyl (C=O) groups excluding carboxylic acids is 3. The second kappa shape index (κ2) is 11.0. The van der Waals surface area contributed by atoms with Crippen LogP contribution in [-0.2, 0) is 16.1 Å². The van der Waals surface area contributed by atoms with E-state index in [-0.39, 0.29) is 23.1 Å². The Labute approximate surface area is 208 Å². The molecule has 0 aromatic heterocycles. The van der Waals surface area contributed by atoms with Gasteiger partial charge in [0, 0.05) is 24.7 Å². The van der Waals surface area contributed by atoms with Crippen molar-refractivity contribution in [1.29, 1.82) is 0 Å². The van der Waals surface area contributed by atoms with Gasteiger partial charge in [0.15, 0.2) is 0 Å². The predicted molar refractivity (Wildman–Crippen MR) is 139 cm³/mol. The summed E-state index contributed by atoms with van der Waals surface area (Å²) in [5.74, 6) is 0.0666. The van der Waals surface area contributed by atoms with Gasteiger partial charge < -0.3 is 10.2 Å². The largest absolute Gasteiger partial charge is 0.326 e. The quantitative estimate of drug-likeness (QED) is 0.378. The molecule has 1 heterocycles. The summed E-state index contributed by atoms with van der Waals surface area (Å²) in [6.45, 7) is 3.78. The summed E-state index contributed by atoms with van der Waals surface area (Å²) < 4.78 is 0. The van der Waals surface area contributed by atoms with Gasteiger partial charge in [0.2, 0.25) is 11.8 Å². The Balaban J connectivity index is 1.41. The number of nitrogens with one attached hydrogen (secondary N) is 2. The summed E-state index contributed by atoms with van der Waals surface area (Å²) in [7, 11) is 0. The Kier molecular flexibility index (Phi) is 7.62. The van der Waals surface area contributed by atoms with E-state index >= 15 is 0 Å². The fourth-order valence-corrected chi connectivity index (χ4v) is 4.96. The molecule has 3 aromatic rings. The average Bonchev–Trinajstić information content (AvgIpc) is 3.22. The summed E-state index contributed by atoms with van der Waals surface area (Å²) in [5, 5.41) is 6.85. The molecule has 7 nitrogen and oxygen atoms in total. The van der Waals surface area contributed by atoms with Crippen LogP contribution in [0.1, 0.15) is 46.3 Å². The lowest BCUT2D eigenvalue weighted by molar-refractivity contribution is -0.128. The van der Waals surface area contributed by atoms with Crippen molar-refractivity contribution in [1.82, 2.24) is 10.3 Å². The number of anilines is 1. The SMILES string of the molecule is CC(=O)Nc1cccc(/C(C)=N\NC(=O)c2ccc([C@H]3SCC(=O)N3Cc3ccccc3)cc2)c1. The second-order valence-corrected chi connectivity index (χ2v) is 9.26. The van der Waals surface area contributed by atoms with Crippen LogP contribution >= 0.6 is 11.8 Å². The maximum Gasteiger partial charge on any atom is 0.271 e. The summed E-state index contributed by atoms with van der Waals surface area (Å²) >= 11 is 1.59. The molecule has 1 aliphatic rings. The van der Waals surface area contributed by atoms with E-state index < -0.39 is 0 Å². The number of rotatable bonds is 7. The minimum absolute atomic E-state index is 0.0871.